The van der Waals surface area contributed by atoms with E-state index in [0.717, 1.165) is 43.5 Å². The number of aromatic nitrogens is 3. The molecule has 0 aromatic carbocycles. The molecular weight excluding hydrogens is 472 g/mol. The molecule has 6 rings (SSSR count). The Morgan fingerprint density at radius 2 is 1.89 bits per heavy atom. The molecule has 0 aliphatic carbocycles. The smallest absolute Gasteiger partial charge is 0.263 e. The van der Waals surface area contributed by atoms with Crippen LogP contribution in [0, 0.1) is 0 Å². The molecule has 3 aromatic heterocycles. The van der Waals surface area contributed by atoms with Gasteiger partial charge in [0.15, 0.2) is 18.2 Å². The number of pyridine rings is 3. The summed E-state index contributed by atoms with van der Waals surface area (Å²) in [7, 11) is 0. The zero-order valence-electron chi connectivity index (χ0n) is 19.0. The molecule has 1 unspecified atom stereocenters. The first-order valence-electron chi connectivity index (χ1n) is 11.8. The van der Waals surface area contributed by atoms with Gasteiger partial charge in [0, 0.05) is 49.3 Å². The SMILES string of the molecule is O=C1COc2cc(Cl)c(CNC3CCN(CC4Cn5c(=O)ccc6ccc(=O)n4c65)CC3)nc2N1. The van der Waals surface area contributed by atoms with Crippen LogP contribution in [0.15, 0.2) is 39.9 Å². The monoisotopic (exact) mass is 496 g/mol. The standard InChI is InChI=1S/C24H25ClN6O4/c25-17-9-19-23(28-20(32)13-35-19)27-18(17)10-26-15-5-7-29(8-6-15)11-16-12-30-21(33)3-1-14-2-4-22(34)31(16)24(14)30/h1-4,9,15-16,26H,5-8,10-13H2,(H,27,28,32). The number of likely N-dealkylation sites (tertiary alicyclic amines) is 1. The van der Waals surface area contributed by atoms with Crippen LogP contribution < -0.4 is 26.5 Å². The average Bonchev–Trinajstić information content (AvgIpc) is 3.24. The lowest BCUT2D eigenvalue weighted by Crippen LogP contribution is -2.44. The third-order valence-electron chi connectivity index (χ3n) is 7.06. The van der Waals surface area contributed by atoms with Crippen LogP contribution in [0.3, 0.4) is 0 Å². The van der Waals surface area contributed by atoms with Gasteiger partial charge in [0.05, 0.1) is 16.8 Å². The highest BCUT2D eigenvalue weighted by Gasteiger charge is 2.29. The van der Waals surface area contributed by atoms with Gasteiger partial charge in [0.25, 0.3) is 17.0 Å². The van der Waals surface area contributed by atoms with E-state index in [1.54, 1.807) is 39.5 Å². The third kappa shape index (κ3) is 4.11. The Bertz CT molecular complexity index is 1440. The van der Waals surface area contributed by atoms with Gasteiger partial charge >= 0.3 is 0 Å². The zero-order chi connectivity index (χ0) is 24.1. The Balaban J connectivity index is 1.07. The Morgan fingerprint density at radius 3 is 2.69 bits per heavy atom. The summed E-state index contributed by atoms with van der Waals surface area (Å²) in [6.07, 6.45) is 1.89. The lowest BCUT2D eigenvalue weighted by atomic mass is 10.0. The number of ether oxygens (including phenoxy) is 1. The molecule has 11 heteroatoms. The molecule has 35 heavy (non-hydrogen) atoms. The number of carbonyl (C=O) groups is 1. The van der Waals surface area contributed by atoms with Crippen molar-refractivity contribution in [2.45, 2.75) is 38.0 Å². The fraction of sp³-hybridized carbons (Fsp3) is 0.417. The van der Waals surface area contributed by atoms with Crippen molar-refractivity contribution in [3.8, 4) is 5.75 Å². The molecule has 1 atom stereocenters. The van der Waals surface area contributed by atoms with E-state index in [0.29, 0.717) is 41.4 Å². The maximum atomic E-state index is 12.6. The normalized spacial score (nSPS) is 20.0. The van der Waals surface area contributed by atoms with Crippen LogP contribution >= 0.6 is 11.6 Å². The summed E-state index contributed by atoms with van der Waals surface area (Å²) < 4.78 is 8.87. The van der Waals surface area contributed by atoms with Crippen molar-refractivity contribution in [3.63, 3.8) is 0 Å². The van der Waals surface area contributed by atoms with Crippen LogP contribution in [0.5, 0.6) is 5.75 Å². The summed E-state index contributed by atoms with van der Waals surface area (Å²) >= 11 is 6.37. The quantitative estimate of drug-likeness (QED) is 0.548. The highest BCUT2D eigenvalue weighted by Crippen LogP contribution is 2.31. The molecule has 0 bridgehead atoms. The summed E-state index contributed by atoms with van der Waals surface area (Å²) in [6.45, 7) is 3.49. The van der Waals surface area contributed by atoms with Gasteiger partial charge in [-0.1, -0.05) is 11.6 Å². The van der Waals surface area contributed by atoms with Crippen LogP contribution in [-0.4, -0.2) is 57.2 Å². The molecule has 0 radical (unpaired) electrons. The first kappa shape index (κ1) is 22.3. The van der Waals surface area contributed by atoms with Gasteiger partial charge in [0.2, 0.25) is 0 Å². The Hall–Kier alpha value is -3.21. The van der Waals surface area contributed by atoms with Crippen LogP contribution in [0.4, 0.5) is 5.82 Å². The molecule has 3 aromatic rings. The fourth-order valence-corrected chi connectivity index (χ4v) is 5.50. The van der Waals surface area contributed by atoms with Gasteiger partial charge in [-0.25, -0.2) is 4.98 Å². The first-order chi connectivity index (χ1) is 17.0. The molecule has 182 valence electrons. The number of nitrogens with zero attached hydrogens (tertiary/aromatic N) is 4. The van der Waals surface area contributed by atoms with E-state index in [1.165, 1.54) is 0 Å². The van der Waals surface area contributed by atoms with Crippen molar-refractivity contribution in [1.29, 1.82) is 0 Å². The van der Waals surface area contributed by atoms with Crippen LogP contribution in [0.25, 0.3) is 11.0 Å². The minimum Gasteiger partial charge on any atom is -0.480 e. The number of halogens is 1. The number of anilines is 1. The van der Waals surface area contributed by atoms with E-state index in [1.807, 2.05) is 0 Å². The van der Waals surface area contributed by atoms with Crippen molar-refractivity contribution in [2.24, 2.45) is 0 Å². The number of amides is 1. The lowest BCUT2D eigenvalue weighted by Gasteiger charge is -2.34. The summed E-state index contributed by atoms with van der Waals surface area (Å²) in [5, 5.41) is 7.66. The molecule has 0 spiro atoms. The highest BCUT2D eigenvalue weighted by molar-refractivity contribution is 6.31. The van der Waals surface area contributed by atoms with Crippen LogP contribution in [0.2, 0.25) is 5.02 Å². The van der Waals surface area contributed by atoms with E-state index < -0.39 is 0 Å². The van der Waals surface area contributed by atoms with Gasteiger partial charge in [0.1, 0.15) is 5.65 Å². The third-order valence-corrected chi connectivity index (χ3v) is 7.39. The van der Waals surface area contributed by atoms with E-state index >= 15 is 0 Å². The molecule has 6 heterocycles. The Kier molecular flexibility index (Phi) is 5.58. The van der Waals surface area contributed by atoms with Crippen molar-refractivity contribution in [3.05, 3.63) is 61.8 Å². The van der Waals surface area contributed by atoms with Crippen molar-refractivity contribution in [1.82, 2.24) is 24.3 Å². The van der Waals surface area contributed by atoms with Crippen LogP contribution in [-0.2, 0) is 17.9 Å². The summed E-state index contributed by atoms with van der Waals surface area (Å²) in [5.41, 5.74) is 1.26. The topological polar surface area (TPSA) is 110 Å². The van der Waals surface area contributed by atoms with Gasteiger partial charge < -0.3 is 20.3 Å². The Labute approximate surface area is 205 Å². The van der Waals surface area contributed by atoms with E-state index in [-0.39, 0.29) is 29.7 Å². The van der Waals surface area contributed by atoms with Gasteiger partial charge in [-0.15, -0.1) is 0 Å². The second kappa shape index (κ2) is 8.78. The van der Waals surface area contributed by atoms with Crippen molar-refractivity contribution >= 4 is 34.4 Å². The Morgan fingerprint density at radius 1 is 1.11 bits per heavy atom. The van der Waals surface area contributed by atoms with E-state index in [9.17, 15) is 14.4 Å². The number of hydrogen-bond donors (Lipinski definition) is 2. The molecule has 3 aliphatic heterocycles. The predicted octanol–water partition coefficient (Wildman–Crippen LogP) is 1.35. The molecule has 2 N–H and O–H groups in total. The van der Waals surface area contributed by atoms with Crippen molar-refractivity contribution in [2.75, 3.05) is 31.6 Å². The minimum absolute atomic E-state index is 0.0331. The number of carbonyl (C=O) groups excluding carboxylic acids is 1. The second-order valence-electron chi connectivity index (χ2n) is 9.31. The summed E-state index contributed by atoms with van der Waals surface area (Å²) in [6, 6.07) is 8.67. The van der Waals surface area contributed by atoms with Crippen molar-refractivity contribution < 1.29 is 9.53 Å². The van der Waals surface area contributed by atoms with Gasteiger partial charge in [-0.05, 0) is 38.1 Å². The van der Waals surface area contributed by atoms with Gasteiger partial charge in [-0.2, -0.15) is 0 Å². The molecular formula is C24H25ClN6O4. The number of piperidine rings is 1. The molecule has 0 saturated carbocycles. The summed E-state index contributed by atoms with van der Waals surface area (Å²) in [4.78, 5) is 43.4. The predicted molar refractivity (Wildman–Crippen MR) is 131 cm³/mol. The fourth-order valence-electron chi connectivity index (χ4n) is 5.30. The second-order valence-corrected chi connectivity index (χ2v) is 9.72. The lowest BCUT2D eigenvalue weighted by molar-refractivity contribution is -0.118. The largest absolute Gasteiger partial charge is 0.480 e. The van der Waals surface area contributed by atoms with E-state index in [2.05, 4.69) is 20.5 Å². The number of rotatable bonds is 5. The van der Waals surface area contributed by atoms with Crippen LogP contribution in [0.1, 0.15) is 24.6 Å². The molecule has 1 amide bonds. The highest BCUT2D eigenvalue weighted by atomic mass is 35.5. The molecule has 3 aliphatic rings. The maximum absolute atomic E-state index is 12.6. The molecule has 1 fully saturated rings. The van der Waals surface area contributed by atoms with E-state index in [4.69, 9.17) is 16.3 Å². The summed E-state index contributed by atoms with van der Waals surface area (Å²) in [5.74, 6) is 0.657. The zero-order valence-corrected chi connectivity index (χ0v) is 19.8. The minimum atomic E-state index is -0.229. The number of fused-ring (bicyclic) bond motifs is 1. The number of nitrogens with one attached hydrogen (secondary N) is 2. The molecule has 10 nitrogen and oxygen atoms in total. The van der Waals surface area contributed by atoms with Gasteiger partial charge in [-0.3, -0.25) is 23.5 Å². The average molecular weight is 497 g/mol. The molecule has 1 saturated heterocycles. The number of hydrogen-bond acceptors (Lipinski definition) is 7. The first-order valence-corrected chi connectivity index (χ1v) is 12.2. The maximum Gasteiger partial charge on any atom is 0.263 e.